The number of fused-ring (bicyclic) bond motifs is 1. The lowest BCUT2D eigenvalue weighted by molar-refractivity contribution is -0.130. The van der Waals surface area contributed by atoms with E-state index < -0.39 is 0 Å². The number of rotatable bonds is 3. The van der Waals surface area contributed by atoms with Crippen molar-refractivity contribution in [2.24, 2.45) is 0 Å². The molecule has 1 aliphatic rings. The van der Waals surface area contributed by atoms with Crippen LogP contribution in [0.15, 0.2) is 6.20 Å². The van der Waals surface area contributed by atoms with Gasteiger partial charge in [-0.25, -0.2) is 0 Å². The fraction of sp³-hybridized carbons (Fsp3) is 0.500. The van der Waals surface area contributed by atoms with Crippen molar-refractivity contribution in [1.29, 1.82) is 0 Å². The van der Waals surface area contributed by atoms with E-state index in [1.165, 1.54) is 6.42 Å². The van der Waals surface area contributed by atoms with Crippen LogP contribution < -0.4 is 11.1 Å². The van der Waals surface area contributed by atoms with Gasteiger partial charge in [-0.1, -0.05) is 0 Å². The van der Waals surface area contributed by atoms with Gasteiger partial charge in [-0.15, -0.1) is 0 Å². The quantitative estimate of drug-likeness (QED) is 0.745. The van der Waals surface area contributed by atoms with Gasteiger partial charge in [-0.2, -0.15) is 15.1 Å². The van der Waals surface area contributed by atoms with Crippen molar-refractivity contribution >= 4 is 28.7 Å². The van der Waals surface area contributed by atoms with Gasteiger partial charge in [0.1, 0.15) is 5.82 Å². The van der Waals surface area contributed by atoms with Crippen LogP contribution >= 0.6 is 0 Å². The van der Waals surface area contributed by atoms with Gasteiger partial charge in [0.2, 0.25) is 11.9 Å². The molecule has 8 heteroatoms. The molecule has 4 N–H and O–H groups in total. The molecule has 3 rings (SSSR count). The first-order valence-corrected chi connectivity index (χ1v) is 6.72. The summed E-state index contributed by atoms with van der Waals surface area (Å²) in [5.41, 5.74) is 6.19. The number of amides is 1. The van der Waals surface area contributed by atoms with Crippen LogP contribution in [0, 0.1) is 0 Å². The monoisotopic (exact) mass is 275 g/mol. The molecule has 0 aromatic carbocycles. The smallest absolute Gasteiger partial charge is 0.241 e. The molecule has 1 fully saturated rings. The van der Waals surface area contributed by atoms with E-state index in [-0.39, 0.29) is 18.4 Å². The van der Waals surface area contributed by atoms with Gasteiger partial charge in [0.05, 0.1) is 18.1 Å². The largest absolute Gasteiger partial charge is 0.368 e. The third kappa shape index (κ3) is 2.49. The minimum Gasteiger partial charge on any atom is -0.368 e. The maximum absolute atomic E-state index is 12.1. The summed E-state index contributed by atoms with van der Waals surface area (Å²) in [6.45, 7) is 1.89. The zero-order valence-corrected chi connectivity index (χ0v) is 11.1. The number of hydrogen-bond acceptors (Lipinski definition) is 6. The Labute approximate surface area is 115 Å². The zero-order chi connectivity index (χ0) is 13.9. The summed E-state index contributed by atoms with van der Waals surface area (Å²) in [6.07, 6.45) is 4.98. The van der Waals surface area contributed by atoms with E-state index in [0.29, 0.717) is 11.5 Å². The van der Waals surface area contributed by atoms with E-state index >= 15 is 0 Å². The number of carbonyl (C=O) groups is 1. The minimum atomic E-state index is 0.0820. The van der Waals surface area contributed by atoms with Crippen LogP contribution in [0.5, 0.6) is 0 Å². The molecule has 8 nitrogen and oxygen atoms in total. The number of nitrogen functional groups attached to an aromatic ring is 1. The lowest BCUT2D eigenvalue weighted by Gasteiger charge is -2.26. The Morgan fingerprint density at radius 1 is 1.35 bits per heavy atom. The van der Waals surface area contributed by atoms with Crippen molar-refractivity contribution < 1.29 is 4.79 Å². The molecule has 20 heavy (non-hydrogen) atoms. The molecule has 2 aromatic heterocycles. The van der Waals surface area contributed by atoms with Crippen LogP contribution in [0.25, 0.3) is 11.0 Å². The number of nitrogens with one attached hydrogen (secondary N) is 2. The molecule has 106 valence electrons. The summed E-state index contributed by atoms with van der Waals surface area (Å²) in [4.78, 5) is 22.1. The molecule has 1 saturated heterocycles. The molecule has 1 aliphatic heterocycles. The van der Waals surface area contributed by atoms with Gasteiger partial charge in [0, 0.05) is 13.1 Å². The third-order valence-corrected chi connectivity index (χ3v) is 3.44. The first kappa shape index (κ1) is 12.6. The molecule has 1 amide bonds. The van der Waals surface area contributed by atoms with E-state index in [1.807, 2.05) is 4.90 Å². The Bertz CT molecular complexity index is 617. The van der Waals surface area contributed by atoms with Crippen molar-refractivity contribution in [2.75, 3.05) is 30.7 Å². The van der Waals surface area contributed by atoms with Crippen LogP contribution in [0.4, 0.5) is 11.8 Å². The van der Waals surface area contributed by atoms with Crippen LogP contribution in [-0.2, 0) is 4.79 Å². The predicted molar refractivity (Wildman–Crippen MR) is 75.0 cm³/mol. The number of nitrogens with zero attached hydrogens (tertiary/aromatic N) is 4. The van der Waals surface area contributed by atoms with E-state index in [1.54, 1.807) is 6.20 Å². The molecule has 0 aliphatic carbocycles. The van der Waals surface area contributed by atoms with E-state index in [9.17, 15) is 4.79 Å². The number of anilines is 2. The number of carbonyl (C=O) groups excluding carboxylic acids is 1. The second-order valence-electron chi connectivity index (χ2n) is 4.86. The fourth-order valence-corrected chi connectivity index (χ4v) is 2.40. The number of aromatic nitrogens is 4. The van der Waals surface area contributed by atoms with Gasteiger partial charge >= 0.3 is 0 Å². The van der Waals surface area contributed by atoms with Gasteiger partial charge < -0.3 is 16.0 Å². The van der Waals surface area contributed by atoms with Crippen LogP contribution in [0.1, 0.15) is 19.3 Å². The van der Waals surface area contributed by atoms with Crippen LogP contribution in [0.2, 0.25) is 0 Å². The number of H-pyrrole nitrogens is 1. The Kier molecular flexibility index (Phi) is 3.36. The molecule has 3 heterocycles. The lowest BCUT2D eigenvalue weighted by atomic mass is 10.1. The first-order chi connectivity index (χ1) is 9.74. The molecule has 0 spiro atoms. The molecule has 0 unspecified atom stereocenters. The van der Waals surface area contributed by atoms with Gasteiger partial charge in [0.25, 0.3) is 0 Å². The van der Waals surface area contributed by atoms with Crippen molar-refractivity contribution in [1.82, 2.24) is 25.1 Å². The average Bonchev–Trinajstić information content (AvgIpc) is 2.93. The highest BCUT2D eigenvalue weighted by atomic mass is 16.2. The van der Waals surface area contributed by atoms with E-state index in [4.69, 9.17) is 5.73 Å². The zero-order valence-electron chi connectivity index (χ0n) is 11.1. The van der Waals surface area contributed by atoms with Gasteiger partial charge in [0.15, 0.2) is 5.65 Å². The highest BCUT2D eigenvalue weighted by Crippen LogP contribution is 2.18. The molecular formula is C12H17N7O. The van der Waals surface area contributed by atoms with Crippen molar-refractivity contribution in [3.8, 4) is 0 Å². The summed E-state index contributed by atoms with van der Waals surface area (Å²) < 4.78 is 0. The Morgan fingerprint density at radius 2 is 2.15 bits per heavy atom. The number of nitrogens with two attached hydrogens (primary N) is 1. The number of hydrogen-bond donors (Lipinski definition) is 3. The molecular weight excluding hydrogens is 258 g/mol. The maximum atomic E-state index is 12.1. The fourth-order valence-electron chi connectivity index (χ4n) is 2.40. The Morgan fingerprint density at radius 3 is 2.95 bits per heavy atom. The summed E-state index contributed by atoms with van der Waals surface area (Å²) in [5.74, 6) is 0.764. The second-order valence-corrected chi connectivity index (χ2v) is 4.86. The second kappa shape index (κ2) is 5.32. The molecule has 0 saturated carbocycles. The molecule has 0 atom stereocenters. The average molecular weight is 275 g/mol. The van der Waals surface area contributed by atoms with Crippen molar-refractivity contribution in [3.63, 3.8) is 0 Å². The number of aromatic amines is 1. The van der Waals surface area contributed by atoms with Crippen molar-refractivity contribution in [3.05, 3.63) is 6.20 Å². The minimum absolute atomic E-state index is 0.0820. The van der Waals surface area contributed by atoms with Crippen molar-refractivity contribution in [2.45, 2.75) is 19.3 Å². The van der Waals surface area contributed by atoms with E-state index in [2.05, 4.69) is 25.5 Å². The third-order valence-electron chi connectivity index (χ3n) is 3.44. The standard InChI is InChI=1S/C12H17N7O/c13-12-16-10(8-6-15-18-11(8)17-12)14-7-9(20)19-4-2-1-3-5-19/h6H,1-5,7H2,(H4,13,14,15,16,17,18). The molecule has 0 radical (unpaired) electrons. The van der Waals surface area contributed by atoms with E-state index in [0.717, 1.165) is 31.3 Å². The normalized spacial score (nSPS) is 15.5. The highest BCUT2D eigenvalue weighted by molar-refractivity contribution is 5.89. The van der Waals surface area contributed by atoms with Gasteiger partial charge in [-0.3, -0.25) is 9.89 Å². The summed E-state index contributed by atoms with van der Waals surface area (Å²) in [6, 6.07) is 0. The first-order valence-electron chi connectivity index (χ1n) is 6.72. The predicted octanol–water partition coefficient (Wildman–Crippen LogP) is 0.359. The summed E-state index contributed by atoms with van der Waals surface area (Å²) in [5, 5.41) is 10.4. The Hall–Kier alpha value is -2.38. The maximum Gasteiger partial charge on any atom is 0.241 e. The lowest BCUT2D eigenvalue weighted by Crippen LogP contribution is -2.39. The van der Waals surface area contributed by atoms with Crippen LogP contribution in [-0.4, -0.2) is 50.6 Å². The number of likely N-dealkylation sites (tertiary alicyclic amines) is 1. The summed E-state index contributed by atoms with van der Waals surface area (Å²) >= 11 is 0. The SMILES string of the molecule is Nc1nc(NCC(=O)N2CCCCC2)c2cn[nH]c2n1. The molecule has 2 aromatic rings. The highest BCUT2D eigenvalue weighted by Gasteiger charge is 2.17. The van der Waals surface area contributed by atoms with Crippen LogP contribution in [0.3, 0.4) is 0 Å². The topological polar surface area (TPSA) is 113 Å². The Balaban J connectivity index is 1.70. The number of piperidine rings is 1. The molecule has 0 bridgehead atoms. The van der Waals surface area contributed by atoms with Gasteiger partial charge in [-0.05, 0) is 19.3 Å². The summed E-state index contributed by atoms with van der Waals surface area (Å²) in [7, 11) is 0.